The second-order valence-corrected chi connectivity index (χ2v) is 6.76. The molecule has 114 valence electrons. The van der Waals surface area contributed by atoms with E-state index in [-0.39, 0.29) is 0 Å². The van der Waals surface area contributed by atoms with Crippen LogP contribution in [0.2, 0.25) is 0 Å². The van der Waals surface area contributed by atoms with Crippen LogP contribution in [0.3, 0.4) is 0 Å². The van der Waals surface area contributed by atoms with Gasteiger partial charge in [0.15, 0.2) is 0 Å². The molecule has 0 radical (unpaired) electrons. The first-order valence-corrected chi connectivity index (χ1v) is 8.13. The third-order valence-electron chi connectivity index (χ3n) is 4.79. The van der Waals surface area contributed by atoms with Crippen molar-refractivity contribution in [1.29, 1.82) is 0 Å². The van der Waals surface area contributed by atoms with E-state index in [4.69, 9.17) is 5.73 Å². The molecule has 2 unspecified atom stereocenters. The van der Waals surface area contributed by atoms with Crippen molar-refractivity contribution in [1.82, 2.24) is 9.80 Å². The minimum Gasteiger partial charge on any atom is -0.330 e. The van der Waals surface area contributed by atoms with Gasteiger partial charge >= 0.3 is 0 Å². The normalized spacial score (nSPS) is 22.6. The highest BCUT2D eigenvalue weighted by molar-refractivity contribution is 4.78. The molecule has 1 aliphatic rings. The van der Waals surface area contributed by atoms with Crippen LogP contribution in [-0.4, -0.2) is 56.1 Å². The Morgan fingerprint density at radius 3 is 2.58 bits per heavy atom. The first-order valence-electron chi connectivity index (χ1n) is 8.13. The smallest absolute Gasteiger partial charge is 0.0220 e. The fourth-order valence-electron chi connectivity index (χ4n) is 3.31. The molecule has 0 bridgehead atoms. The second-order valence-electron chi connectivity index (χ2n) is 6.76. The summed E-state index contributed by atoms with van der Waals surface area (Å²) in [4.78, 5) is 5.04. The molecule has 0 spiro atoms. The number of nitrogens with zero attached hydrogens (tertiary/aromatic N) is 2. The lowest BCUT2D eigenvalue weighted by Gasteiger charge is -2.27. The molecule has 3 heteroatoms. The number of rotatable bonds is 9. The monoisotopic (exact) mass is 269 g/mol. The van der Waals surface area contributed by atoms with Crippen molar-refractivity contribution in [2.24, 2.45) is 17.6 Å². The molecular formula is C16H35N3. The minimum atomic E-state index is 0.773. The third-order valence-corrected chi connectivity index (χ3v) is 4.79. The average Bonchev–Trinajstić information content (AvgIpc) is 2.73. The van der Waals surface area contributed by atoms with Crippen LogP contribution in [0.25, 0.3) is 0 Å². The maximum atomic E-state index is 5.71. The molecule has 3 nitrogen and oxygen atoms in total. The Morgan fingerprint density at radius 1 is 1.32 bits per heavy atom. The van der Waals surface area contributed by atoms with Gasteiger partial charge in [-0.05, 0) is 77.7 Å². The van der Waals surface area contributed by atoms with Gasteiger partial charge in [0.25, 0.3) is 0 Å². The van der Waals surface area contributed by atoms with Crippen molar-refractivity contribution < 1.29 is 0 Å². The predicted molar refractivity (Wildman–Crippen MR) is 84.4 cm³/mol. The minimum absolute atomic E-state index is 0.773. The molecule has 1 heterocycles. The number of hydrogen-bond donors (Lipinski definition) is 1. The van der Waals surface area contributed by atoms with Crippen LogP contribution >= 0.6 is 0 Å². The fraction of sp³-hybridized carbons (Fsp3) is 1.00. The summed E-state index contributed by atoms with van der Waals surface area (Å²) in [6, 6.07) is 0.787. The summed E-state index contributed by atoms with van der Waals surface area (Å²) < 4.78 is 0. The summed E-state index contributed by atoms with van der Waals surface area (Å²) in [6.07, 6.45) is 6.59. The molecule has 2 N–H and O–H groups in total. The van der Waals surface area contributed by atoms with Crippen LogP contribution in [0.5, 0.6) is 0 Å². The van der Waals surface area contributed by atoms with E-state index in [0.29, 0.717) is 0 Å². The molecule has 0 aromatic rings. The predicted octanol–water partition coefficient (Wildman–Crippen LogP) is 2.41. The zero-order chi connectivity index (χ0) is 14.3. The standard InChI is InChI=1S/C16H35N3/c1-14(2)15(9-10-17)7-5-11-18(3)13-16-8-6-12-19(16)4/h14-16H,5-13,17H2,1-4H3. The summed E-state index contributed by atoms with van der Waals surface area (Å²) in [5, 5.41) is 0. The van der Waals surface area contributed by atoms with Crippen molar-refractivity contribution in [2.45, 2.75) is 52.0 Å². The van der Waals surface area contributed by atoms with E-state index in [0.717, 1.165) is 24.4 Å². The molecule has 1 rings (SSSR count). The maximum Gasteiger partial charge on any atom is 0.0220 e. The van der Waals surface area contributed by atoms with Crippen LogP contribution in [0.15, 0.2) is 0 Å². The van der Waals surface area contributed by atoms with Crippen molar-refractivity contribution >= 4 is 0 Å². The van der Waals surface area contributed by atoms with Gasteiger partial charge < -0.3 is 15.5 Å². The van der Waals surface area contributed by atoms with Gasteiger partial charge in [0, 0.05) is 12.6 Å². The van der Waals surface area contributed by atoms with Gasteiger partial charge in [0.05, 0.1) is 0 Å². The Balaban J connectivity index is 2.16. The molecule has 19 heavy (non-hydrogen) atoms. The zero-order valence-corrected chi connectivity index (χ0v) is 13.6. The van der Waals surface area contributed by atoms with Gasteiger partial charge in [-0.3, -0.25) is 0 Å². The molecule has 0 aromatic heterocycles. The van der Waals surface area contributed by atoms with Gasteiger partial charge in [-0.1, -0.05) is 13.8 Å². The molecule has 0 aliphatic carbocycles. The van der Waals surface area contributed by atoms with Gasteiger partial charge in [-0.15, -0.1) is 0 Å². The van der Waals surface area contributed by atoms with Crippen molar-refractivity contribution in [3.8, 4) is 0 Å². The number of hydrogen-bond acceptors (Lipinski definition) is 3. The van der Waals surface area contributed by atoms with Gasteiger partial charge in [-0.25, -0.2) is 0 Å². The lowest BCUT2D eigenvalue weighted by atomic mass is 9.88. The van der Waals surface area contributed by atoms with Crippen LogP contribution < -0.4 is 5.73 Å². The molecule has 0 amide bonds. The largest absolute Gasteiger partial charge is 0.330 e. The highest BCUT2D eigenvalue weighted by Gasteiger charge is 2.22. The quantitative estimate of drug-likeness (QED) is 0.698. The Bertz CT molecular complexity index is 230. The van der Waals surface area contributed by atoms with E-state index in [1.165, 1.54) is 51.7 Å². The number of likely N-dealkylation sites (N-methyl/N-ethyl adjacent to an activating group) is 2. The van der Waals surface area contributed by atoms with Crippen molar-refractivity contribution in [3.63, 3.8) is 0 Å². The highest BCUT2D eigenvalue weighted by Crippen LogP contribution is 2.21. The summed E-state index contributed by atoms with van der Waals surface area (Å²) in [7, 11) is 4.54. The van der Waals surface area contributed by atoms with Gasteiger partial charge in [0.2, 0.25) is 0 Å². The molecule has 2 atom stereocenters. The zero-order valence-electron chi connectivity index (χ0n) is 13.6. The fourth-order valence-corrected chi connectivity index (χ4v) is 3.31. The maximum absolute atomic E-state index is 5.71. The van der Waals surface area contributed by atoms with E-state index in [1.54, 1.807) is 0 Å². The van der Waals surface area contributed by atoms with Crippen molar-refractivity contribution in [3.05, 3.63) is 0 Å². The van der Waals surface area contributed by atoms with Crippen LogP contribution in [0.1, 0.15) is 46.0 Å². The summed E-state index contributed by atoms with van der Waals surface area (Å²) in [6.45, 7) is 9.25. The van der Waals surface area contributed by atoms with E-state index in [2.05, 4.69) is 37.7 Å². The molecular weight excluding hydrogens is 234 g/mol. The van der Waals surface area contributed by atoms with E-state index >= 15 is 0 Å². The van der Waals surface area contributed by atoms with Gasteiger partial charge in [0.1, 0.15) is 0 Å². The third kappa shape index (κ3) is 6.24. The topological polar surface area (TPSA) is 32.5 Å². The molecule has 1 fully saturated rings. The van der Waals surface area contributed by atoms with Crippen LogP contribution in [0, 0.1) is 11.8 Å². The lowest BCUT2D eigenvalue weighted by Crippen LogP contribution is -2.37. The summed E-state index contributed by atoms with van der Waals surface area (Å²) in [5.74, 6) is 1.59. The van der Waals surface area contributed by atoms with E-state index < -0.39 is 0 Å². The number of likely N-dealkylation sites (tertiary alicyclic amines) is 1. The first-order chi connectivity index (χ1) is 9.04. The molecule has 0 saturated carbocycles. The van der Waals surface area contributed by atoms with Gasteiger partial charge in [-0.2, -0.15) is 0 Å². The van der Waals surface area contributed by atoms with Crippen LogP contribution in [0.4, 0.5) is 0 Å². The lowest BCUT2D eigenvalue weighted by molar-refractivity contribution is 0.211. The van der Waals surface area contributed by atoms with Crippen LogP contribution in [-0.2, 0) is 0 Å². The first kappa shape index (κ1) is 16.9. The average molecular weight is 269 g/mol. The Morgan fingerprint density at radius 2 is 2.05 bits per heavy atom. The second kappa shape index (κ2) is 8.93. The molecule has 0 aromatic carbocycles. The highest BCUT2D eigenvalue weighted by atomic mass is 15.2. The Hall–Kier alpha value is -0.120. The number of nitrogens with two attached hydrogens (primary N) is 1. The molecule has 1 aliphatic heterocycles. The SMILES string of the molecule is CC(C)C(CCN)CCCN(C)CC1CCCN1C. The Labute approximate surface area is 120 Å². The van der Waals surface area contributed by atoms with E-state index in [1.807, 2.05) is 0 Å². The Kier molecular flexibility index (Phi) is 7.96. The summed E-state index contributed by atoms with van der Waals surface area (Å²) in [5.41, 5.74) is 5.71. The summed E-state index contributed by atoms with van der Waals surface area (Å²) >= 11 is 0. The van der Waals surface area contributed by atoms with Crippen molar-refractivity contribution in [2.75, 3.05) is 40.3 Å². The molecule has 1 saturated heterocycles. The van der Waals surface area contributed by atoms with E-state index in [9.17, 15) is 0 Å².